The molecule has 11 heavy (non-hydrogen) atoms. The van der Waals surface area contributed by atoms with Crippen LogP contribution in [0.1, 0.15) is 11.9 Å². The fourth-order valence-electron chi connectivity index (χ4n) is 0.685. The molecule has 3 N–H and O–H groups in total. The molecule has 0 fully saturated rings. The highest BCUT2D eigenvalue weighted by molar-refractivity contribution is 7.09. The van der Waals surface area contributed by atoms with E-state index in [9.17, 15) is 0 Å². The summed E-state index contributed by atoms with van der Waals surface area (Å²) in [7, 11) is 0. The second-order valence-corrected chi connectivity index (χ2v) is 3.42. The van der Waals surface area contributed by atoms with Gasteiger partial charge in [-0.1, -0.05) is 0 Å². The third-order valence-corrected chi connectivity index (χ3v) is 2.22. The van der Waals surface area contributed by atoms with Gasteiger partial charge in [0.1, 0.15) is 5.01 Å². The van der Waals surface area contributed by atoms with Gasteiger partial charge in [0, 0.05) is 30.7 Å². The molecule has 4 heteroatoms. The lowest BCUT2D eigenvalue weighted by molar-refractivity contribution is 0.555. The first-order chi connectivity index (χ1) is 5.33. The molecule has 0 saturated carbocycles. The normalized spacial score (nSPS) is 13.3. The van der Waals surface area contributed by atoms with Gasteiger partial charge in [-0.2, -0.15) is 0 Å². The van der Waals surface area contributed by atoms with Gasteiger partial charge in [0.2, 0.25) is 0 Å². The Labute approximate surface area is 70.6 Å². The molecule has 1 aromatic rings. The largest absolute Gasteiger partial charge is 0.329 e. The summed E-state index contributed by atoms with van der Waals surface area (Å²) in [6.07, 6.45) is 1.81. The summed E-state index contributed by atoms with van der Waals surface area (Å²) < 4.78 is 0. The van der Waals surface area contributed by atoms with Gasteiger partial charge in [0.15, 0.2) is 0 Å². The molecule has 0 spiro atoms. The Balaban J connectivity index is 2.23. The van der Waals surface area contributed by atoms with Gasteiger partial charge in [-0.05, 0) is 6.92 Å². The first-order valence-corrected chi connectivity index (χ1v) is 4.52. The van der Waals surface area contributed by atoms with Gasteiger partial charge in [-0.3, -0.25) is 0 Å². The molecule has 1 rings (SSSR count). The van der Waals surface area contributed by atoms with Crippen LogP contribution in [0.5, 0.6) is 0 Å². The molecule has 0 amide bonds. The molecule has 0 aliphatic carbocycles. The molecular formula is C7H13N3S. The van der Waals surface area contributed by atoms with Crippen molar-refractivity contribution in [2.75, 3.05) is 6.54 Å². The molecule has 0 aromatic carbocycles. The minimum atomic E-state index is 0.374. The van der Waals surface area contributed by atoms with Crippen LogP contribution in [-0.4, -0.2) is 17.6 Å². The Morgan fingerprint density at radius 3 is 3.18 bits per heavy atom. The smallest absolute Gasteiger partial charge is 0.106 e. The van der Waals surface area contributed by atoms with E-state index in [-0.39, 0.29) is 0 Å². The van der Waals surface area contributed by atoms with Gasteiger partial charge in [0.25, 0.3) is 0 Å². The average Bonchev–Trinajstić information content (AvgIpc) is 2.52. The Kier molecular flexibility index (Phi) is 3.48. The van der Waals surface area contributed by atoms with E-state index >= 15 is 0 Å². The summed E-state index contributed by atoms with van der Waals surface area (Å²) in [6, 6.07) is 0.374. The van der Waals surface area contributed by atoms with Crippen LogP contribution in [-0.2, 0) is 6.54 Å². The lowest BCUT2D eigenvalue weighted by Gasteiger charge is -2.08. The molecule has 0 aliphatic rings. The van der Waals surface area contributed by atoms with E-state index in [0.29, 0.717) is 12.6 Å². The summed E-state index contributed by atoms with van der Waals surface area (Å²) in [5.41, 5.74) is 5.43. The van der Waals surface area contributed by atoms with Crippen LogP contribution in [0, 0.1) is 0 Å². The van der Waals surface area contributed by atoms with Gasteiger partial charge in [-0.25, -0.2) is 4.98 Å². The molecule has 0 radical (unpaired) electrons. The lowest BCUT2D eigenvalue weighted by Crippen LogP contribution is -2.32. The maximum Gasteiger partial charge on any atom is 0.106 e. The molecule has 1 unspecified atom stereocenters. The third kappa shape index (κ3) is 2.96. The van der Waals surface area contributed by atoms with Gasteiger partial charge < -0.3 is 11.1 Å². The minimum Gasteiger partial charge on any atom is -0.329 e. The van der Waals surface area contributed by atoms with Crippen molar-refractivity contribution in [3.63, 3.8) is 0 Å². The van der Waals surface area contributed by atoms with Crippen LogP contribution in [0.4, 0.5) is 0 Å². The van der Waals surface area contributed by atoms with E-state index in [1.165, 1.54) is 0 Å². The average molecular weight is 171 g/mol. The van der Waals surface area contributed by atoms with Crippen molar-refractivity contribution in [3.8, 4) is 0 Å². The highest BCUT2D eigenvalue weighted by Crippen LogP contribution is 2.02. The zero-order valence-electron chi connectivity index (χ0n) is 6.58. The first-order valence-electron chi connectivity index (χ1n) is 3.64. The van der Waals surface area contributed by atoms with Crippen LogP contribution in [0.25, 0.3) is 0 Å². The molecule has 62 valence electrons. The van der Waals surface area contributed by atoms with E-state index in [4.69, 9.17) is 5.73 Å². The van der Waals surface area contributed by atoms with Crippen molar-refractivity contribution >= 4 is 11.3 Å². The van der Waals surface area contributed by atoms with E-state index in [1.807, 2.05) is 11.6 Å². The molecule has 0 aliphatic heterocycles. The van der Waals surface area contributed by atoms with Crippen molar-refractivity contribution in [1.82, 2.24) is 10.3 Å². The number of nitrogens with zero attached hydrogens (tertiary/aromatic N) is 1. The standard InChI is InChI=1S/C7H13N3S/c1-6(4-8)10-5-7-9-2-3-11-7/h2-3,6,10H,4-5,8H2,1H3. The number of nitrogens with one attached hydrogen (secondary N) is 1. The lowest BCUT2D eigenvalue weighted by atomic mass is 10.3. The monoisotopic (exact) mass is 171 g/mol. The summed E-state index contributed by atoms with van der Waals surface area (Å²) in [5.74, 6) is 0. The van der Waals surface area contributed by atoms with Crippen LogP contribution >= 0.6 is 11.3 Å². The number of rotatable bonds is 4. The fourth-order valence-corrected chi connectivity index (χ4v) is 1.25. The van der Waals surface area contributed by atoms with Crippen molar-refractivity contribution < 1.29 is 0 Å². The summed E-state index contributed by atoms with van der Waals surface area (Å²) in [4.78, 5) is 4.14. The summed E-state index contributed by atoms with van der Waals surface area (Å²) in [5, 5.41) is 6.35. The molecule has 1 atom stereocenters. The highest BCUT2D eigenvalue weighted by Gasteiger charge is 1.98. The number of thiazole rings is 1. The Hall–Kier alpha value is -0.450. The fraction of sp³-hybridized carbons (Fsp3) is 0.571. The van der Waals surface area contributed by atoms with Gasteiger partial charge in [-0.15, -0.1) is 11.3 Å². The van der Waals surface area contributed by atoms with E-state index in [2.05, 4.69) is 17.2 Å². The van der Waals surface area contributed by atoms with Crippen molar-refractivity contribution in [3.05, 3.63) is 16.6 Å². The molecule has 1 aromatic heterocycles. The molecule has 1 heterocycles. The van der Waals surface area contributed by atoms with Gasteiger partial charge >= 0.3 is 0 Å². The highest BCUT2D eigenvalue weighted by atomic mass is 32.1. The Morgan fingerprint density at radius 1 is 1.82 bits per heavy atom. The first kappa shape index (κ1) is 8.64. The summed E-state index contributed by atoms with van der Waals surface area (Å²) in [6.45, 7) is 3.56. The Bertz CT molecular complexity index is 186. The second kappa shape index (κ2) is 4.43. The van der Waals surface area contributed by atoms with E-state index in [1.54, 1.807) is 11.3 Å². The number of hydrogen-bond donors (Lipinski definition) is 2. The zero-order chi connectivity index (χ0) is 8.10. The number of hydrogen-bond acceptors (Lipinski definition) is 4. The molecular weight excluding hydrogens is 158 g/mol. The van der Waals surface area contributed by atoms with Crippen LogP contribution in [0.15, 0.2) is 11.6 Å². The predicted molar refractivity (Wildman–Crippen MR) is 47.5 cm³/mol. The summed E-state index contributed by atoms with van der Waals surface area (Å²) >= 11 is 1.66. The maximum absolute atomic E-state index is 5.43. The van der Waals surface area contributed by atoms with Crippen molar-refractivity contribution in [2.24, 2.45) is 5.73 Å². The number of nitrogens with two attached hydrogens (primary N) is 1. The van der Waals surface area contributed by atoms with Crippen LogP contribution < -0.4 is 11.1 Å². The van der Waals surface area contributed by atoms with Crippen molar-refractivity contribution in [2.45, 2.75) is 19.5 Å². The van der Waals surface area contributed by atoms with Crippen LogP contribution in [0.3, 0.4) is 0 Å². The van der Waals surface area contributed by atoms with Gasteiger partial charge in [0.05, 0.1) is 0 Å². The van der Waals surface area contributed by atoms with E-state index in [0.717, 1.165) is 11.6 Å². The predicted octanol–water partition coefficient (Wildman–Crippen LogP) is 0.580. The third-order valence-electron chi connectivity index (χ3n) is 1.44. The topological polar surface area (TPSA) is 50.9 Å². The minimum absolute atomic E-state index is 0.374. The molecule has 0 saturated heterocycles. The van der Waals surface area contributed by atoms with Crippen molar-refractivity contribution in [1.29, 1.82) is 0 Å². The second-order valence-electron chi connectivity index (χ2n) is 2.44. The quantitative estimate of drug-likeness (QED) is 0.696. The number of aromatic nitrogens is 1. The zero-order valence-corrected chi connectivity index (χ0v) is 7.40. The molecule has 0 bridgehead atoms. The SMILES string of the molecule is CC(CN)NCc1nccs1. The molecule has 3 nitrogen and oxygen atoms in total. The van der Waals surface area contributed by atoms with Crippen LogP contribution in [0.2, 0.25) is 0 Å². The maximum atomic E-state index is 5.43. The Morgan fingerprint density at radius 2 is 2.64 bits per heavy atom. The van der Waals surface area contributed by atoms with E-state index < -0.39 is 0 Å².